The third-order valence-corrected chi connectivity index (χ3v) is 5.35. The molecule has 2 heterocycles. The van der Waals surface area contributed by atoms with E-state index in [-0.39, 0.29) is 0 Å². The summed E-state index contributed by atoms with van der Waals surface area (Å²) in [5.74, 6) is 0.494. The van der Waals surface area contributed by atoms with Crippen molar-refractivity contribution in [3.63, 3.8) is 0 Å². The van der Waals surface area contributed by atoms with Crippen LogP contribution in [0.25, 0.3) is 0 Å². The Morgan fingerprint density at radius 3 is 2.75 bits per heavy atom. The minimum atomic E-state index is 0.344. The van der Waals surface area contributed by atoms with Crippen LogP contribution in [-0.2, 0) is 0 Å². The zero-order chi connectivity index (χ0) is 13.9. The average Bonchev–Trinajstić information content (AvgIpc) is 2.97. The lowest BCUT2D eigenvalue weighted by Crippen LogP contribution is -2.47. The van der Waals surface area contributed by atoms with Gasteiger partial charge in [-0.2, -0.15) is 0 Å². The molecule has 0 aromatic heterocycles. The number of piperidine rings is 1. The van der Waals surface area contributed by atoms with Gasteiger partial charge in [-0.1, -0.05) is 12.1 Å². The normalized spacial score (nSPS) is 28.0. The van der Waals surface area contributed by atoms with Crippen LogP contribution in [0.2, 0.25) is 0 Å². The number of aliphatic hydroxyl groups excluding tert-OH is 1. The Morgan fingerprint density at radius 1 is 1.15 bits per heavy atom. The zero-order valence-corrected chi connectivity index (χ0v) is 13.4. The Kier molecular flexibility index (Phi) is 4.64. The van der Waals surface area contributed by atoms with Crippen molar-refractivity contribution < 1.29 is 5.11 Å². The molecule has 0 amide bonds. The fraction of sp³-hybridized carbons (Fsp3) is 0.625. The number of likely N-dealkylation sites (tertiary alicyclic amines) is 1. The highest BCUT2D eigenvalue weighted by atomic mass is 79.9. The average molecular weight is 339 g/mol. The van der Waals surface area contributed by atoms with Crippen LogP contribution < -0.4 is 4.90 Å². The number of rotatable bonds is 3. The van der Waals surface area contributed by atoms with Crippen molar-refractivity contribution in [2.75, 3.05) is 37.7 Å². The summed E-state index contributed by atoms with van der Waals surface area (Å²) < 4.78 is 1.19. The van der Waals surface area contributed by atoms with E-state index in [1.54, 1.807) is 0 Å². The van der Waals surface area contributed by atoms with Gasteiger partial charge < -0.3 is 10.0 Å². The molecule has 3 nitrogen and oxygen atoms in total. The summed E-state index contributed by atoms with van der Waals surface area (Å²) >= 11 is 3.67. The maximum atomic E-state index is 9.31. The van der Waals surface area contributed by atoms with Crippen LogP contribution in [0.15, 0.2) is 28.7 Å². The molecule has 0 saturated carbocycles. The van der Waals surface area contributed by atoms with Crippen molar-refractivity contribution in [1.82, 2.24) is 4.90 Å². The van der Waals surface area contributed by atoms with Gasteiger partial charge in [0, 0.05) is 36.8 Å². The maximum Gasteiger partial charge on any atom is 0.0511 e. The van der Waals surface area contributed by atoms with Gasteiger partial charge >= 0.3 is 0 Å². The maximum absolute atomic E-state index is 9.31. The van der Waals surface area contributed by atoms with Crippen molar-refractivity contribution in [3.8, 4) is 0 Å². The molecule has 2 unspecified atom stereocenters. The van der Waals surface area contributed by atoms with Gasteiger partial charge in [-0.15, -0.1) is 0 Å². The SMILES string of the molecule is OCC1CCN(C2CCCN(c3ccccc3Br)C2)C1. The van der Waals surface area contributed by atoms with Gasteiger partial charge in [-0.05, 0) is 59.8 Å². The Morgan fingerprint density at radius 2 is 2.00 bits per heavy atom. The van der Waals surface area contributed by atoms with E-state index in [9.17, 15) is 5.11 Å². The molecule has 0 bridgehead atoms. The molecule has 0 aliphatic carbocycles. The molecule has 2 fully saturated rings. The third-order valence-electron chi connectivity index (χ3n) is 4.68. The first kappa shape index (κ1) is 14.4. The van der Waals surface area contributed by atoms with Gasteiger partial charge in [0.05, 0.1) is 5.69 Å². The minimum absolute atomic E-state index is 0.344. The Bertz CT molecular complexity index is 454. The molecule has 3 rings (SSSR count). The summed E-state index contributed by atoms with van der Waals surface area (Å²) in [5, 5.41) is 9.31. The van der Waals surface area contributed by atoms with Gasteiger partial charge in [0.1, 0.15) is 0 Å². The van der Waals surface area contributed by atoms with E-state index in [2.05, 4.69) is 50.0 Å². The molecule has 1 N–H and O–H groups in total. The highest BCUT2D eigenvalue weighted by molar-refractivity contribution is 9.10. The summed E-state index contributed by atoms with van der Waals surface area (Å²) in [5.41, 5.74) is 1.31. The second-order valence-electron chi connectivity index (χ2n) is 6.03. The molecule has 0 spiro atoms. The number of benzene rings is 1. The first-order valence-corrected chi connectivity index (χ1v) is 8.41. The van der Waals surface area contributed by atoms with Gasteiger partial charge in [-0.25, -0.2) is 0 Å². The molecule has 2 aliphatic heterocycles. The molecule has 0 radical (unpaired) electrons. The smallest absolute Gasteiger partial charge is 0.0511 e. The van der Waals surface area contributed by atoms with Gasteiger partial charge in [0.15, 0.2) is 0 Å². The van der Waals surface area contributed by atoms with E-state index in [0.29, 0.717) is 18.6 Å². The summed E-state index contributed by atoms with van der Waals surface area (Å²) in [6.07, 6.45) is 3.70. The summed E-state index contributed by atoms with van der Waals surface area (Å²) in [4.78, 5) is 5.09. The predicted molar refractivity (Wildman–Crippen MR) is 86.1 cm³/mol. The second kappa shape index (κ2) is 6.46. The topological polar surface area (TPSA) is 26.7 Å². The van der Waals surface area contributed by atoms with E-state index in [0.717, 1.165) is 32.6 Å². The fourth-order valence-corrected chi connectivity index (χ4v) is 4.06. The van der Waals surface area contributed by atoms with Crippen LogP contribution in [0.4, 0.5) is 5.69 Å². The zero-order valence-electron chi connectivity index (χ0n) is 11.8. The number of nitrogens with zero attached hydrogens (tertiary/aromatic N) is 2. The molecule has 20 heavy (non-hydrogen) atoms. The molecule has 110 valence electrons. The third kappa shape index (κ3) is 3.02. The van der Waals surface area contributed by atoms with Crippen molar-refractivity contribution in [2.24, 2.45) is 5.92 Å². The highest BCUT2D eigenvalue weighted by Gasteiger charge is 2.31. The lowest BCUT2D eigenvalue weighted by Gasteiger charge is -2.39. The lowest BCUT2D eigenvalue weighted by atomic mass is 10.0. The van der Waals surface area contributed by atoms with E-state index in [1.807, 2.05) is 0 Å². The first-order valence-electron chi connectivity index (χ1n) is 7.62. The monoisotopic (exact) mass is 338 g/mol. The van der Waals surface area contributed by atoms with E-state index in [1.165, 1.54) is 23.0 Å². The van der Waals surface area contributed by atoms with Crippen LogP contribution in [0.3, 0.4) is 0 Å². The number of halogens is 1. The first-order chi connectivity index (χ1) is 9.78. The standard InChI is InChI=1S/C16H23BrN2O/c17-15-5-1-2-6-16(15)19-8-3-4-14(11-19)18-9-7-13(10-18)12-20/h1-2,5-6,13-14,20H,3-4,7-12H2. The van der Waals surface area contributed by atoms with Gasteiger partial charge in [0.2, 0.25) is 0 Å². The molecule has 1 aromatic carbocycles. The number of para-hydroxylation sites is 1. The fourth-order valence-electron chi connectivity index (χ4n) is 3.52. The number of aliphatic hydroxyl groups is 1. The Balaban J connectivity index is 1.67. The van der Waals surface area contributed by atoms with E-state index in [4.69, 9.17) is 0 Å². The Hall–Kier alpha value is -0.580. The number of hydrogen-bond donors (Lipinski definition) is 1. The molecular weight excluding hydrogens is 316 g/mol. The minimum Gasteiger partial charge on any atom is -0.396 e. The van der Waals surface area contributed by atoms with Crippen molar-refractivity contribution in [3.05, 3.63) is 28.7 Å². The van der Waals surface area contributed by atoms with Crippen molar-refractivity contribution in [2.45, 2.75) is 25.3 Å². The van der Waals surface area contributed by atoms with Gasteiger partial charge in [-0.3, -0.25) is 4.90 Å². The molecular formula is C16H23BrN2O. The lowest BCUT2D eigenvalue weighted by molar-refractivity contribution is 0.184. The van der Waals surface area contributed by atoms with Crippen molar-refractivity contribution >= 4 is 21.6 Å². The summed E-state index contributed by atoms with van der Waals surface area (Å²) in [6, 6.07) is 9.15. The van der Waals surface area contributed by atoms with Crippen LogP contribution in [0.5, 0.6) is 0 Å². The van der Waals surface area contributed by atoms with Crippen molar-refractivity contribution in [1.29, 1.82) is 0 Å². The Labute approximate surface area is 129 Å². The van der Waals surface area contributed by atoms with Crippen LogP contribution >= 0.6 is 15.9 Å². The number of anilines is 1. The molecule has 2 saturated heterocycles. The highest BCUT2D eigenvalue weighted by Crippen LogP contribution is 2.30. The number of hydrogen-bond acceptors (Lipinski definition) is 3. The van der Waals surface area contributed by atoms with E-state index < -0.39 is 0 Å². The second-order valence-corrected chi connectivity index (χ2v) is 6.88. The van der Waals surface area contributed by atoms with Gasteiger partial charge in [0.25, 0.3) is 0 Å². The van der Waals surface area contributed by atoms with Crippen LogP contribution in [0.1, 0.15) is 19.3 Å². The summed E-state index contributed by atoms with van der Waals surface area (Å²) in [6.45, 7) is 4.83. The van der Waals surface area contributed by atoms with Crippen LogP contribution in [0, 0.1) is 5.92 Å². The molecule has 4 heteroatoms. The van der Waals surface area contributed by atoms with Crippen LogP contribution in [-0.4, -0.2) is 48.8 Å². The molecule has 2 atom stereocenters. The predicted octanol–water partition coefficient (Wildman–Crippen LogP) is 2.73. The largest absolute Gasteiger partial charge is 0.396 e. The molecule has 2 aliphatic rings. The molecule has 1 aromatic rings. The summed E-state index contributed by atoms with van der Waals surface area (Å²) in [7, 11) is 0. The van der Waals surface area contributed by atoms with E-state index >= 15 is 0 Å². The quantitative estimate of drug-likeness (QED) is 0.917.